The predicted octanol–water partition coefficient (Wildman–Crippen LogP) is 0.467. The van der Waals surface area contributed by atoms with E-state index >= 15 is 0 Å². The Labute approximate surface area is 108 Å². The van der Waals surface area contributed by atoms with E-state index in [1.807, 2.05) is 6.92 Å². The molecule has 2 rings (SSSR count). The Morgan fingerprint density at radius 2 is 2.39 bits per heavy atom. The summed E-state index contributed by atoms with van der Waals surface area (Å²) < 4.78 is 33.1. The smallest absolute Gasteiger partial charge is 0.246 e. The first-order valence-electron chi connectivity index (χ1n) is 6.10. The zero-order chi connectivity index (χ0) is 13.2. The number of sulfonamides is 1. The lowest BCUT2D eigenvalue weighted by Gasteiger charge is -2.22. The molecule has 1 fully saturated rings. The molecule has 0 saturated carbocycles. The Balaban J connectivity index is 2.15. The second-order valence-corrected chi connectivity index (χ2v) is 6.47. The van der Waals surface area contributed by atoms with Crippen LogP contribution in [0.2, 0.25) is 0 Å². The molecule has 0 unspecified atom stereocenters. The fourth-order valence-electron chi connectivity index (χ4n) is 2.09. The number of aryl methyl sites for hydroxylation is 1. The van der Waals surface area contributed by atoms with E-state index in [2.05, 4.69) is 5.10 Å². The van der Waals surface area contributed by atoms with E-state index in [0.717, 1.165) is 13.0 Å². The van der Waals surface area contributed by atoms with E-state index in [-0.39, 0.29) is 4.90 Å². The van der Waals surface area contributed by atoms with Gasteiger partial charge < -0.3 is 4.74 Å². The van der Waals surface area contributed by atoms with Crippen LogP contribution in [-0.4, -0.2) is 48.8 Å². The lowest BCUT2D eigenvalue weighted by molar-refractivity contribution is 0.181. The zero-order valence-electron chi connectivity index (χ0n) is 10.7. The van der Waals surface area contributed by atoms with E-state index in [9.17, 15) is 8.42 Å². The van der Waals surface area contributed by atoms with Gasteiger partial charge in [-0.25, -0.2) is 8.42 Å². The number of rotatable bonds is 5. The Hall–Kier alpha value is -0.920. The van der Waals surface area contributed by atoms with Crippen LogP contribution in [0.3, 0.4) is 0 Å². The second kappa shape index (κ2) is 5.38. The largest absolute Gasteiger partial charge is 0.381 e. The maximum atomic E-state index is 12.4. The molecule has 18 heavy (non-hydrogen) atoms. The molecule has 0 spiro atoms. The third kappa shape index (κ3) is 2.73. The minimum Gasteiger partial charge on any atom is -0.381 e. The molecule has 1 aliphatic heterocycles. The average Bonchev–Trinajstić information content (AvgIpc) is 2.96. The highest BCUT2D eigenvalue weighted by molar-refractivity contribution is 7.89. The lowest BCUT2D eigenvalue weighted by Crippen LogP contribution is -2.35. The number of ether oxygens (including phenoxy) is 1. The van der Waals surface area contributed by atoms with Gasteiger partial charge in [-0.05, 0) is 12.3 Å². The van der Waals surface area contributed by atoms with Gasteiger partial charge in [-0.15, -0.1) is 0 Å². The van der Waals surface area contributed by atoms with Crippen LogP contribution in [0.1, 0.15) is 13.3 Å². The quantitative estimate of drug-likeness (QED) is 0.782. The first-order chi connectivity index (χ1) is 8.54. The molecule has 1 saturated heterocycles. The highest BCUT2D eigenvalue weighted by Crippen LogP contribution is 2.19. The fourth-order valence-corrected chi connectivity index (χ4v) is 3.60. The third-order valence-corrected chi connectivity index (χ3v) is 5.05. The lowest BCUT2D eigenvalue weighted by atomic mass is 10.1. The standard InChI is InChI=1S/C11H19N3O3S/c1-3-14(7-10-4-5-17-9-10)18(15,16)11-6-12-13(2)8-11/h6,8,10H,3-5,7,9H2,1-2H3/t10-/m1/s1. The summed E-state index contributed by atoms with van der Waals surface area (Å²) in [4.78, 5) is 0.255. The van der Waals surface area contributed by atoms with Crippen molar-refractivity contribution >= 4 is 10.0 Å². The van der Waals surface area contributed by atoms with E-state index in [0.29, 0.717) is 25.6 Å². The topological polar surface area (TPSA) is 64.4 Å². The van der Waals surface area contributed by atoms with Gasteiger partial charge >= 0.3 is 0 Å². The van der Waals surface area contributed by atoms with Crippen molar-refractivity contribution in [2.24, 2.45) is 13.0 Å². The molecule has 0 aromatic carbocycles. The molecular weight excluding hydrogens is 254 g/mol. The fraction of sp³-hybridized carbons (Fsp3) is 0.727. The van der Waals surface area contributed by atoms with Crippen LogP contribution in [0.5, 0.6) is 0 Å². The van der Waals surface area contributed by atoms with Crippen LogP contribution in [0.4, 0.5) is 0 Å². The van der Waals surface area contributed by atoms with Gasteiger partial charge in [0.2, 0.25) is 10.0 Å². The summed E-state index contributed by atoms with van der Waals surface area (Å²) in [6.07, 6.45) is 3.85. The molecule has 1 aromatic heterocycles. The highest BCUT2D eigenvalue weighted by Gasteiger charge is 2.28. The molecule has 0 amide bonds. The average molecular weight is 273 g/mol. The molecule has 1 atom stereocenters. The van der Waals surface area contributed by atoms with Crippen LogP contribution in [-0.2, 0) is 21.8 Å². The number of nitrogens with zero attached hydrogens (tertiary/aromatic N) is 3. The van der Waals surface area contributed by atoms with Gasteiger partial charge in [-0.2, -0.15) is 9.40 Å². The van der Waals surface area contributed by atoms with Crippen molar-refractivity contribution < 1.29 is 13.2 Å². The van der Waals surface area contributed by atoms with Crippen molar-refractivity contribution in [2.45, 2.75) is 18.2 Å². The SMILES string of the molecule is CCN(C[C@H]1CCOC1)S(=O)(=O)c1cnn(C)c1. The summed E-state index contributed by atoms with van der Waals surface area (Å²) in [7, 11) is -1.71. The molecule has 7 heteroatoms. The molecular formula is C11H19N3O3S. The van der Waals surface area contributed by atoms with E-state index in [4.69, 9.17) is 4.74 Å². The predicted molar refractivity (Wildman–Crippen MR) is 66.6 cm³/mol. The van der Waals surface area contributed by atoms with Crippen LogP contribution in [0, 0.1) is 5.92 Å². The maximum Gasteiger partial charge on any atom is 0.246 e. The summed E-state index contributed by atoms with van der Waals surface area (Å²) >= 11 is 0. The summed E-state index contributed by atoms with van der Waals surface area (Å²) in [5.41, 5.74) is 0. The van der Waals surface area contributed by atoms with Crippen LogP contribution in [0.25, 0.3) is 0 Å². The summed E-state index contributed by atoms with van der Waals surface area (Å²) in [6, 6.07) is 0. The minimum atomic E-state index is -3.42. The van der Waals surface area contributed by atoms with Crippen LogP contribution < -0.4 is 0 Å². The van der Waals surface area contributed by atoms with Crippen LogP contribution in [0.15, 0.2) is 17.3 Å². The van der Waals surface area contributed by atoms with Gasteiger partial charge in [0.15, 0.2) is 0 Å². The first-order valence-corrected chi connectivity index (χ1v) is 7.54. The van der Waals surface area contributed by atoms with Gasteiger partial charge in [0.05, 0.1) is 12.8 Å². The van der Waals surface area contributed by atoms with Gasteiger partial charge in [-0.3, -0.25) is 4.68 Å². The Bertz CT molecular complexity index is 491. The number of aromatic nitrogens is 2. The molecule has 0 aliphatic carbocycles. The highest BCUT2D eigenvalue weighted by atomic mass is 32.2. The number of hydrogen-bond donors (Lipinski definition) is 0. The van der Waals surface area contributed by atoms with Gasteiger partial charge in [0.25, 0.3) is 0 Å². The molecule has 1 aromatic rings. The van der Waals surface area contributed by atoms with Crippen molar-refractivity contribution in [3.63, 3.8) is 0 Å². The molecule has 0 N–H and O–H groups in total. The molecule has 6 nitrogen and oxygen atoms in total. The van der Waals surface area contributed by atoms with E-state index < -0.39 is 10.0 Å². The second-order valence-electron chi connectivity index (χ2n) is 4.53. The van der Waals surface area contributed by atoms with Gasteiger partial charge in [-0.1, -0.05) is 6.92 Å². The summed E-state index contributed by atoms with van der Waals surface area (Å²) in [5, 5.41) is 3.92. The van der Waals surface area contributed by atoms with Gasteiger partial charge in [0.1, 0.15) is 4.90 Å². The monoisotopic (exact) mass is 273 g/mol. The normalized spacial score (nSPS) is 20.7. The van der Waals surface area contributed by atoms with Crippen molar-refractivity contribution in [1.29, 1.82) is 0 Å². The van der Waals surface area contributed by atoms with Crippen molar-refractivity contribution in [2.75, 3.05) is 26.3 Å². The van der Waals surface area contributed by atoms with Crippen molar-refractivity contribution in [3.05, 3.63) is 12.4 Å². The van der Waals surface area contributed by atoms with Crippen LogP contribution >= 0.6 is 0 Å². The molecule has 102 valence electrons. The van der Waals surface area contributed by atoms with Gasteiger partial charge in [0, 0.05) is 32.9 Å². The Morgan fingerprint density at radius 1 is 1.61 bits per heavy atom. The number of hydrogen-bond acceptors (Lipinski definition) is 4. The molecule has 0 radical (unpaired) electrons. The maximum absolute atomic E-state index is 12.4. The Kier molecular flexibility index (Phi) is 4.04. The summed E-state index contributed by atoms with van der Waals surface area (Å²) in [5.74, 6) is 0.302. The van der Waals surface area contributed by atoms with E-state index in [1.54, 1.807) is 7.05 Å². The third-order valence-electron chi connectivity index (χ3n) is 3.16. The van der Waals surface area contributed by atoms with Crippen molar-refractivity contribution in [3.8, 4) is 0 Å². The molecule has 1 aliphatic rings. The van der Waals surface area contributed by atoms with E-state index in [1.165, 1.54) is 21.4 Å². The van der Waals surface area contributed by atoms with Crippen molar-refractivity contribution in [1.82, 2.24) is 14.1 Å². The first kappa shape index (κ1) is 13.5. The Morgan fingerprint density at radius 3 is 2.89 bits per heavy atom. The molecule has 2 heterocycles. The minimum absolute atomic E-state index is 0.255. The summed E-state index contributed by atoms with van der Waals surface area (Å²) in [6.45, 7) is 4.22. The molecule has 0 bridgehead atoms. The zero-order valence-corrected chi connectivity index (χ0v) is 11.6.